The van der Waals surface area contributed by atoms with Crippen LogP contribution in [0.25, 0.3) is 0 Å². The van der Waals surface area contributed by atoms with Gasteiger partial charge < -0.3 is 10.2 Å². The van der Waals surface area contributed by atoms with Crippen molar-refractivity contribution in [3.63, 3.8) is 0 Å². The van der Waals surface area contributed by atoms with Crippen molar-refractivity contribution in [2.24, 2.45) is 0 Å². The van der Waals surface area contributed by atoms with Crippen LogP contribution in [-0.4, -0.2) is 61.2 Å². The van der Waals surface area contributed by atoms with E-state index in [1.807, 2.05) is 0 Å². The minimum absolute atomic E-state index is 0.577. The summed E-state index contributed by atoms with van der Waals surface area (Å²) in [4.78, 5) is 5.12. The summed E-state index contributed by atoms with van der Waals surface area (Å²) in [6, 6.07) is 1.20. The molecule has 19 heavy (non-hydrogen) atoms. The highest BCUT2D eigenvalue weighted by atomic mass is 15.2. The standard InChI is InChI=1S/C16H37N3/c1-7-12-17-15(5)16(6)19(10-4)14-11-13-18(8-2)9-3/h15-17H,7-14H2,1-6H3. The smallest absolute Gasteiger partial charge is 0.0218 e. The summed E-state index contributed by atoms with van der Waals surface area (Å²) in [5.74, 6) is 0. The van der Waals surface area contributed by atoms with Crippen LogP contribution in [0.1, 0.15) is 54.4 Å². The maximum absolute atomic E-state index is 3.62. The Bertz CT molecular complexity index is 192. The van der Waals surface area contributed by atoms with Crippen LogP contribution in [0.5, 0.6) is 0 Å². The molecule has 3 nitrogen and oxygen atoms in total. The predicted molar refractivity (Wildman–Crippen MR) is 86.9 cm³/mol. The highest BCUT2D eigenvalue weighted by Crippen LogP contribution is 2.06. The first kappa shape index (κ1) is 18.9. The van der Waals surface area contributed by atoms with Crippen molar-refractivity contribution in [1.82, 2.24) is 15.1 Å². The third-order valence-corrected chi connectivity index (χ3v) is 4.24. The Kier molecular flexibility index (Phi) is 11.6. The van der Waals surface area contributed by atoms with Crippen molar-refractivity contribution in [2.45, 2.75) is 66.5 Å². The lowest BCUT2D eigenvalue weighted by atomic mass is 10.1. The van der Waals surface area contributed by atoms with Gasteiger partial charge in [0.25, 0.3) is 0 Å². The van der Waals surface area contributed by atoms with Crippen LogP contribution >= 0.6 is 0 Å². The molecule has 3 heteroatoms. The second kappa shape index (κ2) is 11.7. The molecule has 0 saturated carbocycles. The van der Waals surface area contributed by atoms with Gasteiger partial charge in [0, 0.05) is 12.1 Å². The fourth-order valence-corrected chi connectivity index (χ4v) is 2.55. The van der Waals surface area contributed by atoms with Crippen LogP contribution in [-0.2, 0) is 0 Å². The molecule has 0 aliphatic carbocycles. The van der Waals surface area contributed by atoms with Gasteiger partial charge >= 0.3 is 0 Å². The van der Waals surface area contributed by atoms with Crippen LogP contribution in [0.2, 0.25) is 0 Å². The number of rotatable bonds is 12. The lowest BCUT2D eigenvalue weighted by molar-refractivity contribution is 0.170. The molecule has 0 rings (SSSR count). The van der Waals surface area contributed by atoms with E-state index in [0.717, 1.165) is 13.1 Å². The van der Waals surface area contributed by atoms with Gasteiger partial charge in [0.15, 0.2) is 0 Å². The lowest BCUT2D eigenvalue weighted by Crippen LogP contribution is -2.47. The molecular formula is C16H37N3. The molecule has 2 atom stereocenters. The Morgan fingerprint density at radius 1 is 0.895 bits per heavy atom. The zero-order chi connectivity index (χ0) is 14.7. The normalized spacial score (nSPS) is 15.2. The lowest BCUT2D eigenvalue weighted by Gasteiger charge is -2.33. The van der Waals surface area contributed by atoms with E-state index in [2.05, 4.69) is 56.7 Å². The quantitative estimate of drug-likeness (QED) is 0.589. The van der Waals surface area contributed by atoms with Crippen molar-refractivity contribution in [1.29, 1.82) is 0 Å². The first-order valence-corrected chi connectivity index (χ1v) is 8.30. The van der Waals surface area contributed by atoms with Gasteiger partial charge in [-0.15, -0.1) is 0 Å². The summed E-state index contributed by atoms with van der Waals surface area (Å²) < 4.78 is 0. The number of hydrogen-bond donors (Lipinski definition) is 1. The van der Waals surface area contributed by atoms with E-state index in [9.17, 15) is 0 Å². The van der Waals surface area contributed by atoms with Crippen LogP contribution in [0.4, 0.5) is 0 Å². The van der Waals surface area contributed by atoms with Crippen LogP contribution in [0, 0.1) is 0 Å². The second-order valence-electron chi connectivity index (χ2n) is 5.49. The third kappa shape index (κ3) is 7.91. The highest BCUT2D eigenvalue weighted by molar-refractivity contribution is 4.77. The molecule has 0 fully saturated rings. The highest BCUT2D eigenvalue weighted by Gasteiger charge is 2.17. The fraction of sp³-hybridized carbons (Fsp3) is 1.00. The van der Waals surface area contributed by atoms with Gasteiger partial charge in [-0.3, -0.25) is 4.90 Å². The molecule has 2 unspecified atom stereocenters. The average Bonchev–Trinajstić information content (AvgIpc) is 2.44. The second-order valence-corrected chi connectivity index (χ2v) is 5.49. The number of nitrogens with zero attached hydrogens (tertiary/aromatic N) is 2. The van der Waals surface area contributed by atoms with Gasteiger partial charge in [0.05, 0.1) is 0 Å². The summed E-state index contributed by atoms with van der Waals surface area (Å²) in [7, 11) is 0. The van der Waals surface area contributed by atoms with Gasteiger partial charge in [-0.25, -0.2) is 0 Å². The first-order chi connectivity index (χ1) is 9.10. The molecule has 0 amide bonds. The molecule has 0 aliphatic rings. The Balaban J connectivity index is 4.03. The van der Waals surface area contributed by atoms with Crippen molar-refractivity contribution >= 4 is 0 Å². The van der Waals surface area contributed by atoms with Gasteiger partial charge in [-0.1, -0.05) is 27.7 Å². The monoisotopic (exact) mass is 271 g/mol. The molecule has 0 radical (unpaired) electrons. The Labute approximate surface area is 121 Å². The molecular weight excluding hydrogens is 234 g/mol. The maximum Gasteiger partial charge on any atom is 0.0218 e. The van der Waals surface area contributed by atoms with Crippen molar-refractivity contribution in [2.75, 3.05) is 39.3 Å². The predicted octanol–water partition coefficient (Wildman–Crippen LogP) is 2.82. The summed E-state index contributed by atoms with van der Waals surface area (Å²) in [6.07, 6.45) is 2.49. The van der Waals surface area contributed by atoms with E-state index in [4.69, 9.17) is 0 Å². The summed E-state index contributed by atoms with van der Waals surface area (Å²) in [6.45, 7) is 20.7. The van der Waals surface area contributed by atoms with Crippen molar-refractivity contribution in [3.05, 3.63) is 0 Å². The molecule has 0 saturated heterocycles. The SMILES string of the molecule is CCCNC(C)C(C)N(CC)CCCN(CC)CC. The molecule has 0 spiro atoms. The molecule has 1 N–H and O–H groups in total. The molecule has 0 heterocycles. The Morgan fingerprint density at radius 2 is 1.53 bits per heavy atom. The van der Waals surface area contributed by atoms with E-state index < -0.39 is 0 Å². The zero-order valence-corrected chi connectivity index (χ0v) is 14.2. The number of likely N-dealkylation sites (N-methyl/N-ethyl adjacent to an activating group) is 1. The van der Waals surface area contributed by atoms with Crippen LogP contribution < -0.4 is 5.32 Å². The largest absolute Gasteiger partial charge is 0.313 e. The molecule has 0 bridgehead atoms. The third-order valence-electron chi connectivity index (χ3n) is 4.24. The molecule has 0 aromatic heterocycles. The zero-order valence-electron chi connectivity index (χ0n) is 14.2. The summed E-state index contributed by atoms with van der Waals surface area (Å²) in [5, 5.41) is 3.62. The Hall–Kier alpha value is -0.120. The van der Waals surface area contributed by atoms with Crippen molar-refractivity contribution in [3.8, 4) is 0 Å². The molecule has 116 valence electrons. The van der Waals surface area contributed by atoms with E-state index >= 15 is 0 Å². The van der Waals surface area contributed by atoms with Gasteiger partial charge in [-0.2, -0.15) is 0 Å². The van der Waals surface area contributed by atoms with Crippen molar-refractivity contribution < 1.29 is 0 Å². The fourth-order valence-electron chi connectivity index (χ4n) is 2.55. The summed E-state index contributed by atoms with van der Waals surface area (Å²) >= 11 is 0. The maximum atomic E-state index is 3.62. The van der Waals surface area contributed by atoms with Gasteiger partial charge in [0.1, 0.15) is 0 Å². The van der Waals surface area contributed by atoms with E-state index in [-0.39, 0.29) is 0 Å². The van der Waals surface area contributed by atoms with Crippen LogP contribution in [0.15, 0.2) is 0 Å². The number of hydrogen-bond acceptors (Lipinski definition) is 3. The minimum Gasteiger partial charge on any atom is -0.313 e. The van der Waals surface area contributed by atoms with E-state index in [0.29, 0.717) is 12.1 Å². The molecule has 0 aromatic carbocycles. The topological polar surface area (TPSA) is 18.5 Å². The van der Waals surface area contributed by atoms with Gasteiger partial charge in [-0.05, 0) is 66.0 Å². The van der Waals surface area contributed by atoms with Crippen LogP contribution in [0.3, 0.4) is 0 Å². The number of nitrogens with one attached hydrogen (secondary N) is 1. The van der Waals surface area contributed by atoms with E-state index in [1.165, 1.54) is 39.0 Å². The average molecular weight is 271 g/mol. The van der Waals surface area contributed by atoms with E-state index in [1.54, 1.807) is 0 Å². The molecule has 0 aliphatic heterocycles. The minimum atomic E-state index is 0.577. The molecule has 0 aromatic rings. The first-order valence-electron chi connectivity index (χ1n) is 8.30. The summed E-state index contributed by atoms with van der Waals surface area (Å²) in [5.41, 5.74) is 0. The van der Waals surface area contributed by atoms with Gasteiger partial charge in [0.2, 0.25) is 0 Å². The Morgan fingerprint density at radius 3 is 2.00 bits per heavy atom.